The number of morpholine rings is 1. The van der Waals surface area contributed by atoms with Crippen molar-refractivity contribution in [3.8, 4) is 0 Å². The van der Waals surface area contributed by atoms with Crippen LogP contribution in [0.2, 0.25) is 10.0 Å². The summed E-state index contributed by atoms with van der Waals surface area (Å²) in [6, 6.07) is 15.1. The maximum atomic E-state index is 14.6. The number of allylic oxidation sites excluding steroid dienone is 1. The monoisotopic (exact) mass is 655 g/mol. The van der Waals surface area contributed by atoms with Gasteiger partial charge in [0.1, 0.15) is 16.5 Å². The zero-order valence-electron chi connectivity index (χ0n) is 25.8. The smallest absolute Gasteiger partial charge is 0.263 e. The minimum Gasteiger partial charge on any atom is -0.378 e. The highest BCUT2D eigenvalue weighted by atomic mass is 35.5. The molecule has 0 saturated carbocycles. The molecule has 0 radical (unpaired) electrons. The van der Waals surface area contributed by atoms with Gasteiger partial charge in [0.05, 0.1) is 19.3 Å². The van der Waals surface area contributed by atoms with E-state index in [1.54, 1.807) is 0 Å². The van der Waals surface area contributed by atoms with Gasteiger partial charge in [-0.3, -0.25) is 9.59 Å². The molecule has 44 heavy (non-hydrogen) atoms. The summed E-state index contributed by atoms with van der Waals surface area (Å²) in [5, 5.41) is 2.11. The van der Waals surface area contributed by atoms with E-state index >= 15 is 0 Å². The second kappa shape index (κ2) is 12.3. The van der Waals surface area contributed by atoms with Crippen LogP contribution in [0.15, 0.2) is 64.1 Å². The van der Waals surface area contributed by atoms with Crippen molar-refractivity contribution in [1.29, 1.82) is 0 Å². The van der Waals surface area contributed by atoms with Gasteiger partial charge in [-0.1, -0.05) is 61.3 Å². The van der Waals surface area contributed by atoms with Gasteiger partial charge in [-0.25, -0.2) is 4.99 Å². The highest BCUT2D eigenvalue weighted by Gasteiger charge is 2.54. The van der Waals surface area contributed by atoms with Crippen LogP contribution in [0.5, 0.6) is 0 Å². The van der Waals surface area contributed by atoms with Crippen LogP contribution in [0.3, 0.4) is 0 Å². The average Bonchev–Trinajstić information content (AvgIpc) is 3.68. The van der Waals surface area contributed by atoms with E-state index in [1.807, 2.05) is 72.4 Å². The Morgan fingerprint density at radius 1 is 1.02 bits per heavy atom. The Morgan fingerprint density at radius 2 is 1.64 bits per heavy atom. The number of aliphatic imine (C=N–C) groups is 1. The van der Waals surface area contributed by atoms with Crippen LogP contribution in [-0.4, -0.2) is 95.6 Å². The molecule has 2 fully saturated rings. The standard InChI is InChI=1S/C33H39Cl2N5O3S/c1-20(2)27-28(31(42)39-19-25(37(4)5)18-26(39)30(41)38-14-16-43-17-15-38)44-32-36-33(3,22-8-12-24(35)13-9-22)29(40(27)32)21-6-10-23(34)11-7-21/h6-13,20,25-26,29H,14-19H2,1-5H3/t25-,26-,29+,33-/m0/s1. The van der Waals surface area contributed by atoms with Gasteiger partial charge in [0.2, 0.25) is 5.91 Å². The van der Waals surface area contributed by atoms with Gasteiger partial charge in [0.25, 0.3) is 5.91 Å². The third-order valence-corrected chi connectivity index (χ3v) is 10.8. The summed E-state index contributed by atoms with van der Waals surface area (Å²) in [6.45, 7) is 9.02. The Kier molecular flexibility index (Phi) is 8.80. The lowest BCUT2D eigenvalue weighted by molar-refractivity contribution is -0.144. The second-order valence-corrected chi connectivity index (χ2v) is 14.5. The van der Waals surface area contributed by atoms with Gasteiger partial charge in [-0.15, -0.1) is 0 Å². The molecule has 4 heterocycles. The molecule has 2 aromatic carbocycles. The van der Waals surface area contributed by atoms with Crippen LogP contribution in [-0.2, 0) is 19.9 Å². The molecule has 0 aromatic heterocycles. The molecule has 0 unspecified atom stereocenters. The lowest BCUT2D eigenvalue weighted by Crippen LogP contribution is -2.51. The average molecular weight is 657 g/mol. The Morgan fingerprint density at radius 3 is 2.23 bits per heavy atom. The van der Waals surface area contributed by atoms with Crippen molar-refractivity contribution in [3.63, 3.8) is 0 Å². The van der Waals surface area contributed by atoms with Crippen LogP contribution in [0, 0.1) is 5.92 Å². The number of fused-ring (bicyclic) bond motifs is 1. The molecule has 0 N–H and O–H groups in total. The van der Waals surface area contributed by atoms with Gasteiger partial charge in [0, 0.05) is 41.4 Å². The van der Waals surface area contributed by atoms with E-state index in [0.29, 0.717) is 54.2 Å². The van der Waals surface area contributed by atoms with Crippen LogP contribution in [0.4, 0.5) is 0 Å². The number of amidine groups is 1. The number of halogens is 2. The predicted molar refractivity (Wildman–Crippen MR) is 177 cm³/mol. The van der Waals surface area contributed by atoms with E-state index in [-0.39, 0.29) is 29.8 Å². The number of nitrogens with zero attached hydrogens (tertiary/aromatic N) is 5. The van der Waals surface area contributed by atoms with Gasteiger partial charge < -0.3 is 24.3 Å². The SMILES string of the molecule is CC(C)C1=C(C(=O)N2C[C@@H](N(C)C)C[C@H]2C(=O)N2CCOCC2)SC2=N[C@@](C)(c3ccc(Cl)cc3)[C@@H](c3ccc(Cl)cc3)N21. The summed E-state index contributed by atoms with van der Waals surface area (Å²) in [5.41, 5.74) is 2.37. The molecule has 2 saturated heterocycles. The molecule has 2 aromatic rings. The number of hydrogen-bond donors (Lipinski definition) is 0. The summed E-state index contributed by atoms with van der Waals surface area (Å²) < 4.78 is 5.49. The molecule has 234 valence electrons. The van der Waals surface area contributed by atoms with Crippen molar-refractivity contribution < 1.29 is 14.3 Å². The van der Waals surface area contributed by atoms with Gasteiger partial charge in [-0.05, 0) is 80.5 Å². The fourth-order valence-electron chi connectivity index (χ4n) is 6.84. The highest BCUT2D eigenvalue weighted by molar-refractivity contribution is 8.18. The van der Waals surface area contributed by atoms with Crippen molar-refractivity contribution in [3.05, 3.63) is 80.3 Å². The maximum Gasteiger partial charge on any atom is 0.263 e. The molecule has 4 aliphatic rings. The number of likely N-dealkylation sites (N-methyl/N-ethyl adjacent to an activating group) is 1. The Hall–Kier alpha value is -2.56. The number of carbonyl (C=O) groups is 2. The van der Waals surface area contributed by atoms with E-state index in [1.165, 1.54) is 11.8 Å². The number of amides is 2. The summed E-state index contributed by atoms with van der Waals surface area (Å²) >= 11 is 14.0. The van der Waals surface area contributed by atoms with Gasteiger partial charge in [-0.2, -0.15) is 0 Å². The zero-order chi connectivity index (χ0) is 31.3. The highest BCUT2D eigenvalue weighted by Crippen LogP contribution is 2.56. The number of rotatable bonds is 6. The summed E-state index contributed by atoms with van der Waals surface area (Å²) in [5.74, 6) is -0.0696. The van der Waals surface area contributed by atoms with Crippen molar-refractivity contribution in [1.82, 2.24) is 19.6 Å². The second-order valence-electron chi connectivity index (χ2n) is 12.6. The molecular weight excluding hydrogens is 617 g/mol. The first kappa shape index (κ1) is 31.4. The maximum absolute atomic E-state index is 14.6. The predicted octanol–water partition coefficient (Wildman–Crippen LogP) is 5.63. The number of carbonyl (C=O) groups excluding carboxylic acids is 2. The topological polar surface area (TPSA) is 68.7 Å². The number of ether oxygens (including phenoxy) is 1. The molecule has 8 nitrogen and oxygen atoms in total. The molecule has 0 aliphatic carbocycles. The minimum absolute atomic E-state index is 0.00730. The molecule has 11 heteroatoms. The molecular formula is C33H39Cl2N5O3S. The normalized spacial score (nSPS) is 27.1. The number of hydrogen-bond acceptors (Lipinski definition) is 7. The van der Waals surface area contributed by atoms with E-state index in [9.17, 15) is 9.59 Å². The zero-order valence-corrected chi connectivity index (χ0v) is 28.1. The van der Waals surface area contributed by atoms with Crippen molar-refractivity contribution >= 4 is 51.9 Å². The Bertz CT molecular complexity index is 1490. The largest absolute Gasteiger partial charge is 0.378 e. The molecule has 4 aliphatic heterocycles. The van der Waals surface area contributed by atoms with E-state index in [0.717, 1.165) is 22.0 Å². The minimum atomic E-state index is -0.645. The van der Waals surface area contributed by atoms with Gasteiger partial charge in [0.15, 0.2) is 5.17 Å². The van der Waals surface area contributed by atoms with E-state index in [2.05, 4.69) is 30.6 Å². The van der Waals surface area contributed by atoms with E-state index < -0.39 is 11.6 Å². The van der Waals surface area contributed by atoms with Crippen LogP contribution in [0.25, 0.3) is 0 Å². The molecule has 4 atom stereocenters. The number of likely N-dealkylation sites (tertiary alicyclic amines) is 1. The van der Waals surface area contributed by atoms with Gasteiger partial charge >= 0.3 is 0 Å². The number of thioether (sulfide) groups is 1. The lowest BCUT2D eigenvalue weighted by atomic mass is 9.81. The lowest BCUT2D eigenvalue weighted by Gasteiger charge is -2.37. The Labute approximate surface area is 274 Å². The van der Waals surface area contributed by atoms with Crippen LogP contribution in [0.1, 0.15) is 44.4 Å². The third-order valence-electron chi connectivity index (χ3n) is 9.24. The molecule has 6 rings (SSSR count). The fourth-order valence-corrected chi connectivity index (χ4v) is 8.45. The molecule has 0 bridgehead atoms. The Balaban J connectivity index is 1.41. The summed E-state index contributed by atoms with van der Waals surface area (Å²) in [7, 11) is 4.02. The van der Waals surface area contributed by atoms with Crippen LogP contribution < -0.4 is 0 Å². The van der Waals surface area contributed by atoms with Crippen molar-refractivity contribution in [2.45, 2.75) is 50.9 Å². The molecule has 2 amide bonds. The van der Waals surface area contributed by atoms with E-state index in [4.69, 9.17) is 32.9 Å². The first-order valence-electron chi connectivity index (χ1n) is 15.2. The first-order chi connectivity index (χ1) is 21.0. The molecule has 0 spiro atoms. The van der Waals surface area contributed by atoms with Crippen molar-refractivity contribution in [2.24, 2.45) is 10.9 Å². The fraction of sp³-hybridized carbons (Fsp3) is 0.485. The summed E-state index contributed by atoms with van der Waals surface area (Å²) in [6.07, 6.45) is 0.608. The first-order valence-corrected chi connectivity index (χ1v) is 16.7. The van der Waals surface area contributed by atoms with Crippen molar-refractivity contribution in [2.75, 3.05) is 46.9 Å². The number of benzene rings is 2. The quantitative estimate of drug-likeness (QED) is 0.402. The van der Waals surface area contributed by atoms with Crippen LogP contribution >= 0.6 is 35.0 Å². The third kappa shape index (κ3) is 5.55. The summed E-state index contributed by atoms with van der Waals surface area (Å²) in [4.78, 5) is 42.5.